The molecular weight excluding hydrogens is 342 g/mol. The number of carbonyl (C=O) groups is 1. The third-order valence-corrected chi connectivity index (χ3v) is 5.75. The van der Waals surface area contributed by atoms with Gasteiger partial charge in [0.25, 0.3) is 0 Å². The lowest BCUT2D eigenvalue weighted by atomic mass is 10.0. The van der Waals surface area contributed by atoms with Gasteiger partial charge in [-0.1, -0.05) is 0 Å². The number of benzene rings is 1. The maximum atomic E-state index is 12.5. The molecule has 3 rings (SSSR count). The Hall–Kier alpha value is -2.19. The molecular formula is C17H21N3O4S. The van der Waals surface area contributed by atoms with Crippen LogP contribution in [-0.4, -0.2) is 25.9 Å². The van der Waals surface area contributed by atoms with Gasteiger partial charge < -0.3 is 9.32 Å². The number of aryl methyl sites for hydroxylation is 3. The number of hydrogen-bond acceptors (Lipinski definition) is 5. The Bertz CT molecular complexity index is 898. The van der Waals surface area contributed by atoms with Crippen molar-refractivity contribution < 1.29 is 17.6 Å². The lowest BCUT2D eigenvalue weighted by Gasteiger charge is -2.28. The monoisotopic (exact) mass is 363 g/mol. The normalized spacial score (nSPS) is 14.4. The molecule has 0 radical (unpaired) electrons. The summed E-state index contributed by atoms with van der Waals surface area (Å²) < 4.78 is 33.0. The molecule has 2 aromatic rings. The van der Waals surface area contributed by atoms with Crippen LogP contribution in [0.5, 0.6) is 0 Å². The minimum Gasteiger partial charge on any atom is -0.444 e. The SMILES string of the molecule is CC(=O)N1CCCc2cc(S(=O)(=O)NCc3nc(C)c(C)o3)ccc21. The zero-order valence-corrected chi connectivity index (χ0v) is 15.3. The number of amides is 1. The van der Waals surface area contributed by atoms with Crippen molar-refractivity contribution in [2.24, 2.45) is 0 Å². The molecule has 8 heteroatoms. The van der Waals surface area contributed by atoms with Crippen LogP contribution in [0.25, 0.3) is 0 Å². The van der Waals surface area contributed by atoms with Crippen molar-refractivity contribution in [1.29, 1.82) is 0 Å². The van der Waals surface area contributed by atoms with Crippen LogP contribution < -0.4 is 9.62 Å². The maximum Gasteiger partial charge on any atom is 0.241 e. The van der Waals surface area contributed by atoms with E-state index in [2.05, 4.69) is 9.71 Å². The second-order valence-corrected chi connectivity index (χ2v) is 7.91. The standard InChI is InChI=1S/C17H21N3O4S/c1-11-12(2)24-17(19-11)10-18-25(22,23)15-6-7-16-14(9-15)5-4-8-20(16)13(3)21/h6-7,9,18H,4-5,8,10H2,1-3H3. The van der Waals surface area contributed by atoms with Gasteiger partial charge in [-0.3, -0.25) is 4.79 Å². The lowest BCUT2D eigenvalue weighted by Crippen LogP contribution is -2.33. The van der Waals surface area contributed by atoms with Gasteiger partial charge in [0, 0.05) is 19.2 Å². The first kappa shape index (κ1) is 17.6. The van der Waals surface area contributed by atoms with E-state index in [4.69, 9.17) is 4.42 Å². The number of nitrogens with zero attached hydrogens (tertiary/aromatic N) is 2. The van der Waals surface area contributed by atoms with Crippen LogP contribution in [0.15, 0.2) is 27.5 Å². The first-order valence-electron chi connectivity index (χ1n) is 8.11. The van der Waals surface area contributed by atoms with Gasteiger partial charge in [-0.2, -0.15) is 0 Å². The molecule has 1 amide bonds. The van der Waals surface area contributed by atoms with E-state index in [-0.39, 0.29) is 17.3 Å². The molecule has 1 aliphatic heterocycles. The van der Waals surface area contributed by atoms with Crippen LogP contribution in [0.1, 0.15) is 36.3 Å². The van der Waals surface area contributed by atoms with Crippen LogP contribution in [0.2, 0.25) is 0 Å². The van der Waals surface area contributed by atoms with E-state index in [9.17, 15) is 13.2 Å². The highest BCUT2D eigenvalue weighted by atomic mass is 32.2. The number of oxazole rings is 1. The highest BCUT2D eigenvalue weighted by Gasteiger charge is 2.23. The molecule has 0 unspecified atom stereocenters. The number of sulfonamides is 1. The van der Waals surface area contributed by atoms with Crippen molar-refractivity contribution in [3.8, 4) is 0 Å². The summed E-state index contributed by atoms with van der Waals surface area (Å²) in [5.41, 5.74) is 2.40. The van der Waals surface area contributed by atoms with E-state index < -0.39 is 10.0 Å². The fourth-order valence-electron chi connectivity index (χ4n) is 2.92. The molecule has 0 bridgehead atoms. The van der Waals surface area contributed by atoms with E-state index in [1.807, 2.05) is 0 Å². The summed E-state index contributed by atoms with van der Waals surface area (Å²) >= 11 is 0. The fourth-order valence-corrected chi connectivity index (χ4v) is 3.95. The zero-order chi connectivity index (χ0) is 18.2. The fraction of sp³-hybridized carbons (Fsp3) is 0.412. The van der Waals surface area contributed by atoms with Gasteiger partial charge in [-0.25, -0.2) is 18.1 Å². The average Bonchev–Trinajstić information content (AvgIpc) is 2.90. The van der Waals surface area contributed by atoms with E-state index in [1.165, 1.54) is 13.0 Å². The number of hydrogen-bond donors (Lipinski definition) is 1. The molecule has 2 heterocycles. The van der Waals surface area contributed by atoms with Crippen molar-refractivity contribution >= 4 is 21.6 Å². The smallest absolute Gasteiger partial charge is 0.241 e. The van der Waals surface area contributed by atoms with E-state index >= 15 is 0 Å². The molecule has 7 nitrogen and oxygen atoms in total. The van der Waals surface area contributed by atoms with Crippen LogP contribution in [-0.2, 0) is 27.8 Å². The zero-order valence-electron chi connectivity index (χ0n) is 14.5. The summed E-state index contributed by atoms with van der Waals surface area (Å²) in [6, 6.07) is 4.86. The maximum absolute atomic E-state index is 12.5. The molecule has 1 aromatic heterocycles. The predicted octanol–water partition coefficient (Wildman–Crippen LogP) is 2.07. The first-order chi connectivity index (χ1) is 11.8. The first-order valence-corrected chi connectivity index (χ1v) is 9.60. The Kier molecular flexibility index (Phi) is 4.66. The Balaban J connectivity index is 1.82. The summed E-state index contributed by atoms with van der Waals surface area (Å²) in [6.45, 7) is 5.76. The molecule has 0 spiro atoms. The van der Waals surface area contributed by atoms with Crippen LogP contribution in [0.4, 0.5) is 5.69 Å². The van der Waals surface area contributed by atoms with Crippen molar-refractivity contribution in [3.05, 3.63) is 41.1 Å². The van der Waals surface area contributed by atoms with Crippen molar-refractivity contribution in [2.75, 3.05) is 11.4 Å². The average molecular weight is 363 g/mol. The predicted molar refractivity (Wildman–Crippen MR) is 92.8 cm³/mol. The molecule has 0 saturated heterocycles. The Morgan fingerprint density at radius 2 is 2.12 bits per heavy atom. The van der Waals surface area contributed by atoms with Crippen LogP contribution in [0, 0.1) is 13.8 Å². The molecule has 1 aliphatic rings. The molecule has 0 fully saturated rings. The molecule has 0 saturated carbocycles. The van der Waals surface area contributed by atoms with Crippen LogP contribution in [0.3, 0.4) is 0 Å². The minimum atomic E-state index is -3.69. The van der Waals surface area contributed by atoms with Crippen molar-refractivity contribution in [3.63, 3.8) is 0 Å². The highest BCUT2D eigenvalue weighted by Crippen LogP contribution is 2.29. The number of carbonyl (C=O) groups excluding carboxylic acids is 1. The van der Waals surface area contributed by atoms with E-state index in [0.717, 1.165) is 29.8 Å². The number of aromatic nitrogens is 1. The van der Waals surface area contributed by atoms with Gasteiger partial charge in [-0.05, 0) is 50.5 Å². The third kappa shape index (κ3) is 3.59. The second kappa shape index (κ2) is 6.61. The summed E-state index contributed by atoms with van der Waals surface area (Å²) in [4.78, 5) is 17.7. The number of anilines is 1. The van der Waals surface area contributed by atoms with E-state index in [1.54, 1.807) is 30.9 Å². The molecule has 1 aromatic carbocycles. The Morgan fingerprint density at radius 1 is 1.36 bits per heavy atom. The van der Waals surface area contributed by atoms with Gasteiger partial charge in [0.15, 0.2) is 0 Å². The molecule has 134 valence electrons. The Morgan fingerprint density at radius 3 is 2.76 bits per heavy atom. The van der Waals surface area contributed by atoms with Gasteiger partial charge >= 0.3 is 0 Å². The lowest BCUT2D eigenvalue weighted by molar-refractivity contribution is -0.116. The third-order valence-electron chi connectivity index (χ3n) is 4.35. The largest absolute Gasteiger partial charge is 0.444 e. The van der Waals surface area contributed by atoms with Gasteiger partial charge in [0.1, 0.15) is 5.76 Å². The molecule has 25 heavy (non-hydrogen) atoms. The number of fused-ring (bicyclic) bond motifs is 1. The molecule has 0 atom stereocenters. The van der Waals surface area contributed by atoms with Gasteiger partial charge in [0.05, 0.1) is 17.1 Å². The van der Waals surface area contributed by atoms with Gasteiger partial charge in [-0.15, -0.1) is 0 Å². The summed E-state index contributed by atoms with van der Waals surface area (Å²) in [5, 5.41) is 0. The number of nitrogens with one attached hydrogen (secondary N) is 1. The second-order valence-electron chi connectivity index (χ2n) is 6.14. The summed E-state index contributed by atoms with van der Waals surface area (Å²) in [5.74, 6) is 0.968. The molecule has 1 N–H and O–H groups in total. The van der Waals surface area contributed by atoms with Crippen LogP contribution >= 0.6 is 0 Å². The van der Waals surface area contributed by atoms with E-state index in [0.29, 0.717) is 18.2 Å². The van der Waals surface area contributed by atoms with Gasteiger partial charge in [0.2, 0.25) is 21.8 Å². The minimum absolute atomic E-state index is 0.00628. The quantitative estimate of drug-likeness (QED) is 0.898. The number of rotatable bonds is 4. The van der Waals surface area contributed by atoms with Crippen molar-refractivity contribution in [1.82, 2.24) is 9.71 Å². The van der Waals surface area contributed by atoms with Crippen molar-refractivity contribution in [2.45, 2.75) is 45.1 Å². The Labute approximate surface area is 147 Å². The highest BCUT2D eigenvalue weighted by molar-refractivity contribution is 7.89. The molecule has 0 aliphatic carbocycles. The topological polar surface area (TPSA) is 92.5 Å². The summed E-state index contributed by atoms with van der Waals surface area (Å²) in [7, 11) is -3.69. The summed E-state index contributed by atoms with van der Waals surface area (Å²) in [6.07, 6.45) is 1.57.